The second-order valence-electron chi connectivity index (χ2n) is 6.84. The molecular formula is C19H25N5O. The van der Waals surface area contributed by atoms with E-state index >= 15 is 0 Å². The van der Waals surface area contributed by atoms with Gasteiger partial charge in [-0.1, -0.05) is 25.1 Å². The number of nitrogens with zero attached hydrogens (tertiary/aromatic N) is 4. The summed E-state index contributed by atoms with van der Waals surface area (Å²) in [5.41, 5.74) is 0.985. The number of aromatic nitrogens is 3. The minimum atomic E-state index is -0.146. The number of anilines is 1. The second kappa shape index (κ2) is 6.96. The molecule has 0 saturated carbocycles. The molecule has 1 saturated heterocycles. The first-order valence-corrected chi connectivity index (χ1v) is 9.32. The molecule has 1 amide bonds. The molecule has 2 aromatic rings. The molecule has 0 unspecified atom stereocenters. The largest absolute Gasteiger partial charge is 0.311 e. The quantitative estimate of drug-likeness (QED) is 0.929. The monoisotopic (exact) mass is 339 g/mol. The maximum Gasteiger partial charge on any atom is 0.244 e. The maximum atomic E-state index is 13.0. The van der Waals surface area contributed by atoms with Crippen molar-refractivity contribution in [1.29, 1.82) is 0 Å². The van der Waals surface area contributed by atoms with Gasteiger partial charge in [-0.3, -0.25) is 10.1 Å². The Morgan fingerprint density at radius 1 is 1.12 bits per heavy atom. The van der Waals surface area contributed by atoms with Crippen LogP contribution >= 0.6 is 0 Å². The van der Waals surface area contributed by atoms with Gasteiger partial charge in [0.05, 0.1) is 12.1 Å². The Hall–Kier alpha value is -2.21. The van der Waals surface area contributed by atoms with Crippen LogP contribution in [0.1, 0.15) is 50.3 Å². The molecule has 1 fully saturated rings. The zero-order valence-electron chi connectivity index (χ0n) is 14.7. The molecule has 2 aliphatic heterocycles. The number of para-hydroxylation sites is 1. The lowest BCUT2D eigenvalue weighted by Gasteiger charge is -2.35. The fourth-order valence-electron chi connectivity index (χ4n) is 3.84. The first-order valence-electron chi connectivity index (χ1n) is 9.32. The Morgan fingerprint density at radius 2 is 1.88 bits per heavy atom. The van der Waals surface area contributed by atoms with Gasteiger partial charge >= 0.3 is 0 Å². The van der Waals surface area contributed by atoms with E-state index in [1.165, 1.54) is 0 Å². The summed E-state index contributed by atoms with van der Waals surface area (Å²) in [5.74, 6) is 2.06. The van der Waals surface area contributed by atoms with E-state index in [4.69, 9.17) is 0 Å². The predicted molar refractivity (Wildman–Crippen MR) is 96.3 cm³/mol. The molecule has 132 valence electrons. The molecule has 0 aliphatic carbocycles. The molecule has 3 heterocycles. The lowest BCUT2D eigenvalue weighted by molar-refractivity contribution is -0.122. The molecule has 1 aromatic carbocycles. The fraction of sp³-hybridized carbons (Fsp3) is 0.526. The van der Waals surface area contributed by atoms with Crippen molar-refractivity contribution in [2.45, 2.75) is 57.7 Å². The molecule has 0 bridgehead atoms. The van der Waals surface area contributed by atoms with E-state index in [1.807, 2.05) is 39.9 Å². The topological polar surface area (TPSA) is 63.1 Å². The summed E-state index contributed by atoms with van der Waals surface area (Å²) >= 11 is 0. The van der Waals surface area contributed by atoms with Gasteiger partial charge in [-0.2, -0.15) is 5.10 Å². The van der Waals surface area contributed by atoms with Crippen molar-refractivity contribution in [3.63, 3.8) is 0 Å². The SMILES string of the molecule is CCc1nc2n(n1)CCC[C@@H]2N[C@@H]1CCCN(c2ccccc2)C1=O. The van der Waals surface area contributed by atoms with Crippen LogP contribution in [0.5, 0.6) is 0 Å². The van der Waals surface area contributed by atoms with Crippen molar-refractivity contribution < 1.29 is 4.79 Å². The molecule has 6 heteroatoms. The van der Waals surface area contributed by atoms with Gasteiger partial charge in [0.2, 0.25) is 5.91 Å². The highest BCUT2D eigenvalue weighted by Crippen LogP contribution is 2.27. The van der Waals surface area contributed by atoms with Gasteiger partial charge in [0, 0.05) is 25.2 Å². The number of benzene rings is 1. The molecule has 2 atom stereocenters. The third-order valence-corrected chi connectivity index (χ3v) is 5.14. The van der Waals surface area contributed by atoms with Crippen LogP contribution in [0.2, 0.25) is 0 Å². The normalized spacial score (nSPS) is 23.6. The molecule has 2 aliphatic rings. The van der Waals surface area contributed by atoms with Crippen molar-refractivity contribution in [1.82, 2.24) is 20.1 Å². The first-order chi connectivity index (χ1) is 12.3. The van der Waals surface area contributed by atoms with Crippen LogP contribution in [0.3, 0.4) is 0 Å². The average molecular weight is 339 g/mol. The molecule has 4 rings (SSSR count). The summed E-state index contributed by atoms with van der Waals surface area (Å²) in [6.07, 6.45) is 4.82. The van der Waals surface area contributed by atoms with Gasteiger partial charge < -0.3 is 4.90 Å². The van der Waals surface area contributed by atoms with E-state index in [-0.39, 0.29) is 18.0 Å². The Balaban J connectivity index is 1.51. The number of rotatable bonds is 4. The summed E-state index contributed by atoms with van der Waals surface area (Å²) in [6.45, 7) is 3.79. The summed E-state index contributed by atoms with van der Waals surface area (Å²) in [5, 5.41) is 8.15. The number of nitrogens with one attached hydrogen (secondary N) is 1. The van der Waals surface area contributed by atoms with E-state index in [2.05, 4.69) is 22.3 Å². The molecule has 6 nitrogen and oxygen atoms in total. The van der Waals surface area contributed by atoms with Crippen LogP contribution < -0.4 is 10.2 Å². The number of hydrogen-bond acceptors (Lipinski definition) is 4. The minimum Gasteiger partial charge on any atom is -0.311 e. The lowest BCUT2D eigenvalue weighted by atomic mass is 10.00. The molecule has 0 radical (unpaired) electrons. The minimum absolute atomic E-state index is 0.117. The van der Waals surface area contributed by atoms with Crippen LogP contribution in [-0.4, -0.2) is 33.3 Å². The Kier molecular flexibility index (Phi) is 4.53. The highest BCUT2D eigenvalue weighted by molar-refractivity contribution is 5.97. The molecule has 1 N–H and O–H groups in total. The van der Waals surface area contributed by atoms with Gasteiger partial charge in [0.15, 0.2) is 5.82 Å². The van der Waals surface area contributed by atoms with Crippen molar-refractivity contribution in [3.8, 4) is 0 Å². The fourth-order valence-corrected chi connectivity index (χ4v) is 3.84. The van der Waals surface area contributed by atoms with Crippen LogP contribution in [0.15, 0.2) is 30.3 Å². The highest BCUT2D eigenvalue weighted by Gasteiger charge is 2.33. The van der Waals surface area contributed by atoms with Crippen molar-refractivity contribution in [3.05, 3.63) is 42.0 Å². The van der Waals surface area contributed by atoms with Crippen molar-refractivity contribution in [2.75, 3.05) is 11.4 Å². The van der Waals surface area contributed by atoms with Crippen LogP contribution in [0.4, 0.5) is 5.69 Å². The van der Waals surface area contributed by atoms with Crippen LogP contribution in [-0.2, 0) is 17.8 Å². The average Bonchev–Trinajstić information content (AvgIpc) is 3.08. The Morgan fingerprint density at radius 3 is 2.68 bits per heavy atom. The number of carbonyl (C=O) groups excluding carboxylic acids is 1. The predicted octanol–water partition coefficient (Wildman–Crippen LogP) is 2.46. The van der Waals surface area contributed by atoms with Crippen molar-refractivity contribution >= 4 is 11.6 Å². The van der Waals surface area contributed by atoms with Gasteiger partial charge in [0.1, 0.15) is 5.82 Å². The van der Waals surface area contributed by atoms with Crippen LogP contribution in [0, 0.1) is 0 Å². The molecular weight excluding hydrogens is 314 g/mol. The summed E-state index contributed by atoms with van der Waals surface area (Å²) in [4.78, 5) is 19.6. The lowest BCUT2D eigenvalue weighted by Crippen LogP contribution is -2.52. The Bertz CT molecular complexity index is 742. The summed E-state index contributed by atoms with van der Waals surface area (Å²) < 4.78 is 2.02. The van der Waals surface area contributed by atoms with Gasteiger partial charge in [-0.15, -0.1) is 0 Å². The third-order valence-electron chi connectivity index (χ3n) is 5.14. The smallest absolute Gasteiger partial charge is 0.244 e. The van der Waals surface area contributed by atoms with E-state index in [9.17, 15) is 4.79 Å². The summed E-state index contributed by atoms with van der Waals surface area (Å²) in [6, 6.07) is 9.92. The first kappa shape index (κ1) is 16.3. The van der Waals surface area contributed by atoms with Crippen molar-refractivity contribution in [2.24, 2.45) is 0 Å². The van der Waals surface area contributed by atoms with Crippen LogP contribution in [0.25, 0.3) is 0 Å². The number of hydrogen-bond donors (Lipinski definition) is 1. The van der Waals surface area contributed by atoms with E-state index in [1.54, 1.807) is 0 Å². The second-order valence-corrected chi connectivity index (χ2v) is 6.84. The van der Waals surface area contributed by atoms with Gasteiger partial charge in [-0.05, 0) is 37.8 Å². The number of carbonyl (C=O) groups is 1. The van der Waals surface area contributed by atoms with Gasteiger partial charge in [0.25, 0.3) is 0 Å². The standard InChI is InChI=1S/C19H25N5O/c1-2-17-21-18-15(10-7-13-24(18)22-17)20-16-11-6-12-23(19(16)25)14-8-4-3-5-9-14/h3-5,8-9,15-16,20H,2,6-7,10-13H2,1H3/t15-,16+/m0/s1. The third kappa shape index (κ3) is 3.18. The Labute approximate surface area is 148 Å². The van der Waals surface area contributed by atoms with Gasteiger partial charge in [-0.25, -0.2) is 9.67 Å². The zero-order chi connectivity index (χ0) is 17.2. The van der Waals surface area contributed by atoms with E-state index in [0.717, 1.165) is 62.5 Å². The number of piperidine rings is 1. The number of aryl methyl sites for hydroxylation is 2. The highest BCUT2D eigenvalue weighted by atomic mass is 16.2. The molecule has 25 heavy (non-hydrogen) atoms. The summed E-state index contributed by atoms with van der Waals surface area (Å²) in [7, 11) is 0. The number of amides is 1. The molecule has 1 aromatic heterocycles. The molecule has 0 spiro atoms. The zero-order valence-corrected chi connectivity index (χ0v) is 14.7. The van der Waals surface area contributed by atoms with E-state index in [0.29, 0.717) is 0 Å². The van der Waals surface area contributed by atoms with E-state index < -0.39 is 0 Å². The number of fused-ring (bicyclic) bond motifs is 1. The maximum absolute atomic E-state index is 13.0.